The van der Waals surface area contributed by atoms with Gasteiger partial charge in [0.05, 0.1) is 0 Å². The maximum absolute atomic E-state index is 11.2. The molecule has 0 fully saturated rings. The molecule has 7 nitrogen and oxygen atoms in total. The van der Waals surface area contributed by atoms with E-state index in [9.17, 15) is 4.79 Å². The van der Waals surface area contributed by atoms with Crippen molar-refractivity contribution in [3.63, 3.8) is 0 Å². The van der Waals surface area contributed by atoms with Gasteiger partial charge in [0.15, 0.2) is 0 Å². The molecule has 0 spiro atoms. The Kier molecular flexibility index (Phi) is 5.94. The van der Waals surface area contributed by atoms with Crippen LogP contribution in [0.4, 0.5) is 23.0 Å². The lowest BCUT2D eigenvalue weighted by Crippen LogP contribution is -2.21. The number of hydrogen-bond acceptors (Lipinski definition) is 6. The van der Waals surface area contributed by atoms with Crippen molar-refractivity contribution in [2.24, 2.45) is 0 Å². The summed E-state index contributed by atoms with van der Waals surface area (Å²) in [5.41, 5.74) is 2.81. The molecular weight excluding hydrogens is 340 g/mol. The fourth-order valence-corrected chi connectivity index (χ4v) is 2.61. The fourth-order valence-electron chi connectivity index (χ4n) is 2.61. The maximum atomic E-state index is 11.2. The number of amides is 1. The van der Waals surface area contributed by atoms with Crippen molar-refractivity contribution in [1.82, 2.24) is 15.0 Å². The van der Waals surface area contributed by atoms with Gasteiger partial charge in [-0.1, -0.05) is 6.07 Å². The van der Waals surface area contributed by atoms with Crippen molar-refractivity contribution in [3.8, 4) is 0 Å². The summed E-state index contributed by atoms with van der Waals surface area (Å²) in [4.78, 5) is 26.0. The molecule has 27 heavy (non-hydrogen) atoms. The van der Waals surface area contributed by atoms with Gasteiger partial charge in [-0.05, 0) is 42.3 Å². The highest BCUT2D eigenvalue weighted by atomic mass is 16.1. The van der Waals surface area contributed by atoms with Crippen LogP contribution in [0.2, 0.25) is 0 Å². The summed E-state index contributed by atoms with van der Waals surface area (Å²) in [5, 5.41) is 6.02. The zero-order chi connectivity index (χ0) is 19.1. The third-order valence-corrected chi connectivity index (χ3v) is 3.98. The average molecular weight is 362 g/mol. The first-order chi connectivity index (χ1) is 13.1. The van der Waals surface area contributed by atoms with Crippen LogP contribution in [0.15, 0.2) is 61.2 Å². The highest BCUT2D eigenvalue weighted by molar-refractivity contribution is 5.89. The Labute approximate surface area is 158 Å². The van der Waals surface area contributed by atoms with E-state index in [1.165, 1.54) is 18.8 Å². The van der Waals surface area contributed by atoms with Crippen molar-refractivity contribution in [3.05, 3.63) is 66.7 Å². The molecule has 3 aromatic rings. The van der Waals surface area contributed by atoms with Gasteiger partial charge in [0.2, 0.25) is 5.91 Å². The summed E-state index contributed by atoms with van der Waals surface area (Å²) in [6, 6.07) is 13.4. The molecule has 2 heterocycles. The van der Waals surface area contributed by atoms with Crippen LogP contribution in [0.5, 0.6) is 0 Å². The van der Waals surface area contributed by atoms with E-state index in [-0.39, 0.29) is 5.91 Å². The summed E-state index contributed by atoms with van der Waals surface area (Å²) in [6.45, 7) is 2.32. The summed E-state index contributed by atoms with van der Waals surface area (Å²) < 4.78 is 0. The van der Waals surface area contributed by atoms with E-state index in [0.717, 1.165) is 30.2 Å². The molecule has 0 atom stereocenters. The number of pyridine rings is 1. The molecule has 0 unspecified atom stereocenters. The van der Waals surface area contributed by atoms with Gasteiger partial charge in [0.25, 0.3) is 0 Å². The van der Waals surface area contributed by atoms with E-state index >= 15 is 0 Å². The lowest BCUT2D eigenvalue weighted by Gasteiger charge is -2.18. The van der Waals surface area contributed by atoms with Crippen LogP contribution in [0.25, 0.3) is 0 Å². The molecule has 0 saturated heterocycles. The molecule has 2 N–H and O–H groups in total. The van der Waals surface area contributed by atoms with Gasteiger partial charge < -0.3 is 15.5 Å². The average Bonchev–Trinajstić information content (AvgIpc) is 2.67. The van der Waals surface area contributed by atoms with Crippen molar-refractivity contribution in [2.75, 3.05) is 29.1 Å². The molecule has 1 aromatic carbocycles. The highest BCUT2D eigenvalue weighted by Gasteiger charge is 2.06. The van der Waals surface area contributed by atoms with Crippen LogP contribution in [-0.4, -0.2) is 34.5 Å². The number of nitrogens with zero attached hydrogens (tertiary/aromatic N) is 4. The first-order valence-corrected chi connectivity index (χ1v) is 8.67. The van der Waals surface area contributed by atoms with E-state index in [2.05, 4.69) is 30.5 Å². The van der Waals surface area contributed by atoms with Gasteiger partial charge in [-0.2, -0.15) is 0 Å². The van der Waals surface area contributed by atoms with Crippen LogP contribution in [-0.2, 0) is 11.2 Å². The number of aromatic nitrogens is 3. The Bertz CT molecular complexity index is 900. The summed E-state index contributed by atoms with van der Waals surface area (Å²) in [6.07, 6.45) is 6.05. The maximum Gasteiger partial charge on any atom is 0.221 e. The second kappa shape index (κ2) is 8.75. The number of anilines is 4. The number of carbonyl (C=O) groups excluding carboxylic acids is 1. The Hall–Kier alpha value is -3.48. The number of nitrogens with one attached hydrogen (secondary N) is 2. The zero-order valence-corrected chi connectivity index (χ0v) is 15.4. The van der Waals surface area contributed by atoms with Gasteiger partial charge in [0.1, 0.15) is 18.0 Å². The zero-order valence-electron chi connectivity index (χ0n) is 15.4. The molecule has 138 valence electrons. The quantitative estimate of drug-likeness (QED) is 0.671. The predicted octanol–water partition coefficient (Wildman–Crippen LogP) is 3.25. The monoisotopic (exact) mass is 362 g/mol. The van der Waals surface area contributed by atoms with Crippen molar-refractivity contribution >= 4 is 28.9 Å². The smallest absolute Gasteiger partial charge is 0.221 e. The topological polar surface area (TPSA) is 83.0 Å². The molecule has 3 rings (SSSR count). The minimum absolute atomic E-state index is 0.104. The van der Waals surface area contributed by atoms with E-state index < -0.39 is 0 Å². The lowest BCUT2D eigenvalue weighted by molar-refractivity contribution is -0.114. The molecule has 0 bridgehead atoms. The predicted molar refractivity (Wildman–Crippen MR) is 107 cm³/mol. The highest BCUT2D eigenvalue weighted by Crippen LogP contribution is 2.21. The molecule has 1 amide bonds. The van der Waals surface area contributed by atoms with E-state index in [4.69, 9.17) is 0 Å². The first kappa shape index (κ1) is 18.3. The van der Waals surface area contributed by atoms with Gasteiger partial charge in [0, 0.05) is 50.4 Å². The second-order valence-corrected chi connectivity index (χ2v) is 6.18. The molecule has 0 saturated carbocycles. The van der Waals surface area contributed by atoms with Crippen LogP contribution in [0, 0.1) is 0 Å². The van der Waals surface area contributed by atoms with Crippen LogP contribution in [0.1, 0.15) is 12.5 Å². The molecule has 0 aliphatic heterocycles. The van der Waals surface area contributed by atoms with Gasteiger partial charge >= 0.3 is 0 Å². The number of rotatable bonds is 7. The number of likely N-dealkylation sites (N-methyl/N-ethyl adjacent to an activating group) is 1. The van der Waals surface area contributed by atoms with E-state index in [0.29, 0.717) is 5.82 Å². The van der Waals surface area contributed by atoms with E-state index in [1.54, 1.807) is 12.4 Å². The Balaban J connectivity index is 1.65. The third kappa shape index (κ3) is 5.50. The SMILES string of the molecule is CC(=O)Nc1cccc(Nc2cc(N(C)CCc3ccncc3)ncn2)c1. The van der Waals surface area contributed by atoms with Crippen molar-refractivity contribution in [2.45, 2.75) is 13.3 Å². The summed E-state index contributed by atoms with van der Waals surface area (Å²) in [5.74, 6) is 1.42. The first-order valence-electron chi connectivity index (χ1n) is 8.67. The minimum Gasteiger partial charge on any atom is -0.359 e. The van der Waals surface area contributed by atoms with Crippen LogP contribution >= 0.6 is 0 Å². The number of hydrogen-bond donors (Lipinski definition) is 2. The number of benzene rings is 1. The molecule has 0 aliphatic rings. The molecule has 2 aromatic heterocycles. The van der Waals surface area contributed by atoms with Crippen LogP contribution in [0.3, 0.4) is 0 Å². The van der Waals surface area contributed by atoms with E-state index in [1.807, 2.05) is 49.5 Å². The Morgan fingerprint density at radius 2 is 1.85 bits per heavy atom. The molecular formula is C20H22N6O. The van der Waals surface area contributed by atoms with Gasteiger partial charge in [-0.25, -0.2) is 9.97 Å². The molecule has 0 aliphatic carbocycles. The number of carbonyl (C=O) groups is 1. The Morgan fingerprint density at radius 3 is 2.63 bits per heavy atom. The largest absolute Gasteiger partial charge is 0.359 e. The van der Waals surface area contributed by atoms with Crippen LogP contribution < -0.4 is 15.5 Å². The standard InChI is InChI=1S/C20H22N6O/c1-15(27)24-17-4-3-5-18(12-17)25-19-13-20(23-14-22-19)26(2)11-8-16-6-9-21-10-7-16/h3-7,9-10,12-14H,8,11H2,1-2H3,(H,24,27)(H,22,23,25). The van der Waals surface area contributed by atoms with Gasteiger partial charge in [-0.3, -0.25) is 9.78 Å². The lowest BCUT2D eigenvalue weighted by atomic mass is 10.2. The Morgan fingerprint density at radius 1 is 1.07 bits per heavy atom. The van der Waals surface area contributed by atoms with Gasteiger partial charge in [-0.15, -0.1) is 0 Å². The second-order valence-electron chi connectivity index (χ2n) is 6.18. The fraction of sp³-hybridized carbons (Fsp3) is 0.200. The normalized spacial score (nSPS) is 10.3. The summed E-state index contributed by atoms with van der Waals surface area (Å²) >= 11 is 0. The third-order valence-electron chi connectivity index (χ3n) is 3.98. The van der Waals surface area contributed by atoms with Crippen molar-refractivity contribution in [1.29, 1.82) is 0 Å². The van der Waals surface area contributed by atoms with Crippen molar-refractivity contribution < 1.29 is 4.79 Å². The minimum atomic E-state index is -0.104. The molecule has 0 radical (unpaired) electrons. The summed E-state index contributed by atoms with van der Waals surface area (Å²) in [7, 11) is 2.00. The molecule has 7 heteroatoms.